The van der Waals surface area contributed by atoms with E-state index in [4.69, 9.17) is 4.74 Å². The highest BCUT2D eigenvalue weighted by atomic mass is 16.5. The highest BCUT2D eigenvalue weighted by molar-refractivity contribution is 5.35. The molecule has 0 fully saturated rings. The van der Waals surface area contributed by atoms with Crippen molar-refractivity contribution in [3.05, 3.63) is 53.1 Å². The Morgan fingerprint density at radius 3 is 2.68 bits per heavy atom. The number of aryl methyl sites for hydroxylation is 1. The van der Waals surface area contributed by atoms with Crippen molar-refractivity contribution in [2.24, 2.45) is 0 Å². The van der Waals surface area contributed by atoms with Crippen LogP contribution >= 0.6 is 0 Å². The van der Waals surface area contributed by atoms with Crippen LogP contribution in [0.25, 0.3) is 0 Å². The number of hydrogen-bond acceptors (Lipinski definition) is 4. The Hall–Kier alpha value is -1.94. The van der Waals surface area contributed by atoms with Gasteiger partial charge < -0.3 is 9.84 Å². The molecule has 0 aliphatic carbocycles. The van der Waals surface area contributed by atoms with E-state index in [1.54, 1.807) is 20.2 Å². The molecule has 0 aliphatic rings. The van der Waals surface area contributed by atoms with Gasteiger partial charge in [0, 0.05) is 29.4 Å². The lowest BCUT2D eigenvalue weighted by Gasteiger charge is -2.10. The van der Waals surface area contributed by atoms with Crippen molar-refractivity contribution in [2.75, 3.05) is 7.11 Å². The average Bonchev–Trinajstić information content (AvgIpc) is 2.39. The zero-order chi connectivity index (χ0) is 13.8. The number of ether oxygens (including phenoxy) is 1. The maximum atomic E-state index is 9.57. The Morgan fingerprint density at radius 1 is 1.32 bits per heavy atom. The first-order chi connectivity index (χ1) is 9.11. The van der Waals surface area contributed by atoms with Crippen LogP contribution in [0.15, 0.2) is 30.5 Å². The van der Waals surface area contributed by atoms with Gasteiger partial charge in [-0.25, -0.2) is 9.97 Å². The molecule has 0 spiro atoms. The summed E-state index contributed by atoms with van der Waals surface area (Å²) in [5.74, 6) is 1.56. The topological polar surface area (TPSA) is 55.2 Å². The molecule has 0 unspecified atom stereocenters. The summed E-state index contributed by atoms with van der Waals surface area (Å²) < 4.78 is 5.31. The minimum atomic E-state index is -0.541. The maximum Gasteiger partial charge on any atom is 0.133 e. The van der Waals surface area contributed by atoms with E-state index in [-0.39, 0.29) is 0 Å². The molecule has 1 heterocycles. The molecule has 19 heavy (non-hydrogen) atoms. The third-order valence-corrected chi connectivity index (χ3v) is 3.06. The van der Waals surface area contributed by atoms with Gasteiger partial charge in [-0.1, -0.05) is 18.2 Å². The van der Waals surface area contributed by atoms with E-state index < -0.39 is 6.10 Å². The minimum absolute atomic E-state index is 0.541. The van der Waals surface area contributed by atoms with Crippen LogP contribution in [0, 0.1) is 6.92 Å². The van der Waals surface area contributed by atoms with E-state index in [0.29, 0.717) is 6.42 Å². The van der Waals surface area contributed by atoms with Crippen LogP contribution < -0.4 is 4.74 Å². The van der Waals surface area contributed by atoms with E-state index >= 15 is 0 Å². The molecule has 2 rings (SSSR count). The lowest BCUT2D eigenvalue weighted by Crippen LogP contribution is -2.05. The molecule has 4 heteroatoms. The quantitative estimate of drug-likeness (QED) is 0.915. The second kappa shape index (κ2) is 5.80. The summed E-state index contributed by atoms with van der Waals surface area (Å²) in [4.78, 5) is 8.74. The van der Waals surface area contributed by atoms with Crippen LogP contribution in [0.4, 0.5) is 0 Å². The summed E-state index contributed by atoms with van der Waals surface area (Å²) in [5.41, 5.74) is 2.63. The summed E-state index contributed by atoms with van der Waals surface area (Å²) in [6, 6.07) is 7.83. The maximum absolute atomic E-state index is 9.57. The molecule has 2 aromatic rings. The first kappa shape index (κ1) is 13.5. The van der Waals surface area contributed by atoms with E-state index in [9.17, 15) is 5.11 Å². The van der Waals surface area contributed by atoms with Crippen LogP contribution in [0.5, 0.6) is 5.75 Å². The Labute approximate surface area is 113 Å². The SMILES string of the molecule is COc1ccccc1Cc1ncc([C@H](C)O)c(C)n1. The van der Waals surface area contributed by atoms with Crippen LogP contribution in [0.2, 0.25) is 0 Å². The van der Waals surface area contributed by atoms with Gasteiger partial charge in [0.1, 0.15) is 11.6 Å². The fourth-order valence-electron chi connectivity index (χ4n) is 2.04. The molecular weight excluding hydrogens is 240 g/mol. The number of hydrogen-bond donors (Lipinski definition) is 1. The molecule has 0 saturated carbocycles. The number of rotatable bonds is 4. The number of nitrogens with zero attached hydrogens (tertiary/aromatic N) is 2. The molecule has 1 aromatic heterocycles. The minimum Gasteiger partial charge on any atom is -0.496 e. The predicted molar refractivity (Wildman–Crippen MR) is 73.2 cm³/mol. The van der Waals surface area contributed by atoms with Gasteiger partial charge in [-0.3, -0.25) is 0 Å². The largest absolute Gasteiger partial charge is 0.496 e. The zero-order valence-electron chi connectivity index (χ0n) is 11.4. The van der Waals surface area contributed by atoms with Crippen molar-refractivity contribution < 1.29 is 9.84 Å². The average molecular weight is 258 g/mol. The van der Waals surface area contributed by atoms with Gasteiger partial charge in [0.15, 0.2) is 0 Å². The molecule has 1 atom stereocenters. The van der Waals surface area contributed by atoms with E-state index in [0.717, 1.165) is 28.4 Å². The number of methoxy groups -OCH3 is 1. The molecule has 1 aromatic carbocycles. The summed E-state index contributed by atoms with van der Waals surface area (Å²) in [7, 11) is 1.65. The van der Waals surface area contributed by atoms with E-state index in [1.165, 1.54) is 0 Å². The van der Waals surface area contributed by atoms with Crippen LogP contribution in [-0.4, -0.2) is 22.2 Å². The Balaban J connectivity index is 2.26. The molecule has 0 radical (unpaired) electrons. The highest BCUT2D eigenvalue weighted by Gasteiger charge is 2.10. The molecular formula is C15H18N2O2. The van der Waals surface area contributed by atoms with Crippen LogP contribution in [-0.2, 0) is 6.42 Å². The highest BCUT2D eigenvalue weighted by Crippen LogP contribution is 2.20. The lowest BCUT2D eigenvalue weighted by molar-refractivity contribution is 0.197. The van der Waals surface area contributed by atoms with Gasteiger partial charge >= 0.3 is 0 Å². The fraction of sp³-hybridized carbons (Fsp3) is 0.333. The molecule has 100 valence electrons. The van der Waals surface area contributed by atoms with Crippen molar-refractivity contribution in [3.63, 3.8) is 0 Å². The summed E-state index contributed by atoms with van der Waals surface area (Å²) in [5, 5.41) is 9.57. The predicted octanol–water partition coefficient (Wildman–Crippen LogP) is 2.44. The monoisotopic (exact) mass is 258 g/mol. The number of para-hydroxylation sites is 1. The zero-order valence-corrected chi connectivity index (χ0v) is 11.4. The van der Waals surface area contributed by atoms with Crippen LogP contribution in [0.1, 0.15) is 35.7 Å². The summed E-state index contributed by atoms with van der Waals surface area (Å²) in [6.45, 7) is 3.60. The molecule has 0 amide bonds. The molecule has 4 nitrogen and oxygen atoms in total. The third kappa shape index (κ3) is 3.09. The van der Waals surface area contributed by atoms with Crippen molar-refractivity contribution in [2.45, 2.75) is 26.4 Å². The van der Waals surface area contributed by atoms with Gasteiger partial charge in [0.05, 0.1) is 13.2 Å². The summed E-state index contributed by atoms with van der Waals surface area (Å²) in [6.07, 6.45) is 1.77. The van der Waals surface area contributed by atoms with Gasteiger partial charge in [0.2, 0.25) is 0 Å². The molecule has 0 saturated heterocycles. The second-order valence-electron chi connectivity index (χ2n) is 4.49. The normalized spacial score (nSPS) is 12.2. The second-order valence-corrected chi connectivity index (χ2v) is 4.49. The van der Waals surface area contributed by atoms with E-state index in [1.807, 2.05) is 31.2 Å². The van der Waals surface area contributed by atoms with E-state index in [2.05, 4.69) is 9.97 Å². The smallest absolute Gasteiger partial charge is 0.133 e. The van der Waals surface area contributed by atoms with Gasteiger partial charge in [-0.15, -0.1) is 0 Å². The number of aliphatic hydroxyl groups is 1. The van der Waals surface area contributed by atoms with Crippen molar-refractivity contribution in [1.82, 2.24) is 9.97 Å². The number of benzene rings is 1. The third-order valence-electron chi connectivity index (χ3n) is 3.06. The Morgan fingerprint density at radius 2 is 2.05 bits per heavy atom. The first-order valence-electron chi connectivity index (χ1n) is 6.24. The summed E-state index contributed by atoms with van der Waals surface area (Å²) >= 11 is 0. The van der Waals surface area contributed by atoms with Crippen LogP contribution in [0.3, 0.4) is 0 Å². The van der Waals surface area contributed by atoms with Gasteiger partial charge in [-0.2, -0.15) is 0 Å². The van der Waals surface area contributed by atoms with Crippen molar-refractivity contribution in [3.8, 4) is 5.75 Å². The van der Waals surface area contributed by atoms with Gasteiger partial charge in [0.25, 0.3) is 0 Å². The lowest BCUT2D eigenvalue weighted by atomic mass is 10.1. The van der Waals surface area contributed by atoms with Crippen molar-refractivity contribution >= 4 is 0 Å². The Bertz CT molecular complexity index is 568. The first-order valence-corrected chi connectivity index (χ1v) is 6.24. The van der Waals surface area contributed by atoms with Gasteiger partial charge in [-0.05, 0) is 19.9 Å². The van der Waals surface area contributed by atoms with Crippen molar-refractivity contribution in [1.29, 1.82) is 0 Å². The fourth-order valence-corrected chi connectivity index (χ4v) is 2.04. The Kier molecular flexibility index (Phi) is 4.12. The number of aliphatic hydroxyl groups excluding tert-OH is 1. The molecule has 1 N–H and O–H groups in total. The number of aromatic nitrogens is 2. The standard InChI is InChI=1S/C15H18N2O2/c1-10-13(11(2)18)9-16-15(17-10)8-12-6-4-5-7-14(12)19-3/h4-7,9,11,18H,8H2,1-3H3/t11-/m0/s1. The molecule has 0 aliphatic heterocycles. The molecule has 0 bridgehead atoms.